The van der Waals surface area contributed by atoms with E-state index in [0.717, 1.165) is 54.1 Å². The summed E-state index contributed by atoms with van der Waals surface area (Å²) in [5.41, 5.74) is 1.41. The summed E-state index contributed by atoms with van der Waals surface area (Å²) in [4.78, 5) is 15.9. The van der Waals surface area contributed by atoms with Crippen molar-refractivity contribution in [1.82, 2.24) is 15.0 Å². The summed E-state index contributed by atoms with van der Waals surface area (Å²) in [6.07, 6.45) is 11.7. The number of nitrogens with zero attached hydrogens (tertiary/aromatic N) is 3. The van der Waals surface area contributed by atoms with E-state index in [4.69, 9.17) is 9.15 Å². The van der Waals surface area contributed by atoms with Crippen LogP contribution < -0.4 is 4.74 Å². The lowest BCUT2D eigenvalue weighted by Crippen LogP contribution is -2.16. The van der Waals surface area contributed by atoms with Gasteiger partial charge in [0.2, 0.25) is 5.88 Å². The van der Waals surface area contributed by atoms with Crippen LogP contribution in [0.3, 0.4) is 0 Å². The van der Waals surface area contributed by atoms with Gasteiger partial charge in [0.15, 0.2) is 5.89 Å². The van der Waals surface area contributed by atoms with Gasteiger partial charge in [-0.3, -0.25) is 0 Å². The van der Waals surface area contributed by atoms with E-state index in [1.807, 2.05) is 0 Å². The molecule has 3 atom stereocenters. The largest absolute Gasteiger partial charge is 0.474 e. The minimum absolute atomic E-state index is 0.217. The van der Waals surface area contributed by atoms with Gasteiger partial charge in [-0.25, -0.2) is 15.0 Å². The highest BCUT2D eigenvalue weighted by atomic mass is 32.1. The van der Waals surface area contributed by atoms with E-state index >= 15 is 0 Å². The second-order valence-electron chi connectivity index (χ2n) is 7.48. The number of hydrogen-bond acceptors (Lipinski definition) is 6. The van der Waals surface area contributed by atoms with Crippen molar-refractivity contribution in [2.24, 2.45) is 0 Å². The smallest absolute Gasteiger partial charge is 0.225 e. The molecule has 0 amide bonds. The number of fused-ring (bicyclic) bond motifs is 3. The highest BCUT2D eigenvalue weighted by Crippen LogP contribution is 2.48. The van der Waals surface area contributed by atoms with Crippen molar-refractivity contribution >= 4 is 21.6 Å². The average Bonchev–Trinajstić information content (AvgIpc) is 3.39. The molecule has 1 aliphatic carbocycles. The molecule has 0 aliphatic heterocycles. The summed E-state index contributed by atoms with van der Waals surface area (Å²) in [6, 6.07) is 0. The van der Waals surface area contributed by atoms with Crippen molar-refractivity contribution < 1.29 is 9.15 Å². The van der Waals surface area contributed by atoms with E-state index in [1.165, 1.54) is 16.9 Å². The predicted octanol–water partition coefficient (Wildman–Crippen LogP) is 5.86. The summed E-state index contributed by atoms with van der Waals surface area (Å²) < 4.78 is 11.9. The molecule has 0 fully saturated rings. The van der Waals surface area contributed by atoms with Crippen molar-refractivity contribution in [3.05, 3.63) is 35.1 Å². The van der Waals surface area contributed by atoms with Crippen molar-refractivity contribution in [2.75, 3.05) is 0 Å². The Morgan fingerprint density at radius 1 is 1.30 bits per heavy atom. The number of aromatic nitrogens is 3. The standard InChI is InChI=1S/C21H27N3O2S/c1-4-6-15(5-2)26-20-18-17-14(11-13(3)19-22-9-10-25-19)7-8-16(17)27-21(18)24-12-23-20/h9-10,12-15H,4-8,11H2,1-3H3/t13?,14-,15-/m1/s1. The lowest BCUT2D eigenvalue weighted by molar-refractivity contribution is 0.180. The molecular weight excluding hydrogens is 358 g/mol. The van der Waals surface area contributed by atoms with Crippen LogP contribution in [0.1, 0.15) is 81.0 Å². The van der Waals surface area contributed by atoms with Crippen LogP contribution >= 0.6 is 11.3 Å². The maximum Gasteiger partial charge on any atom is 0.225 e. The van der Waals surface area contributed by atoms with Crippen LogP contribution in [-0.4, -0.2) is 21.1 Å². The van der Waals surface area contributed by atoms with Crippen LogP contribution in [0.4, 0.5) is 0 Å². The summed E-state index contributed by atoms with van der Waals surface area (Å²) in [6.45, 7) is 6.57. The molecule has 0 saturated heterocycles. The molecule has 0 aromatic carbocycles. The second-order valence-corrected chi connectivity index (χ2v) is 8.56. The molecule has 5 nitrogen and oxygen atoms in total. The van der Waals surface area contributed by atoms with Gasteiger partial charge in [-0.05, 0) is 43.6 Å². The predicted molar refractivity (Wildman–Crippen MR) is 108 cm³/mol. The van der Waals surface area contributed by atoms with Crippen LogP contribution in [0.5, 0.6) is 5.88 Å². The highest BCUT2D eigenvalue weighted by molar-refractivity contribution is 7.19. The van der Waals surface area contributed by atoms with Crippen LogP contribution in [0.25, 0.3) is 10.2 Å². The fraction of sp³-hybridized carbons (Fsp3) is 0.571. The van der Waals surface area contributed by atoms with E-state index in [9.17, 15) is 0 Å². The Bertz CT molecular complexity index is 890. The van der Waals surface area contributed by atoms with Crippen LogP contribution in [0.2, 0.25) is 0 Å². The Hall–Kier alpha value is -1.95. The fourth-order valence-corrected chi connectivity index (χ4v) is 5.43. The Morgan fingerprint density at radius 2 is 2.19 bits per heavy atom. The molecule has 4 rings (SSSR count). The normalized spacial score (nSPS) is 18.6. The zero-order chi connectivity index (χ0) is 18.8. The summed E-state index contributed by atoms with van der Waals surface area (Å²) in [5.74, 6) is 2.37. The Balaban J connectivity index is 1.66. The van der Waals surface area contributed by atoms with Gasteiger partial charge in [-0.15, -0.1) is 11.3 Å². The quantitative estimate of drug-likeness (QED) is 0.486. The zero-order valence-electron chi connectivity index (χ0n) is 16.3. The van der Waals surface area contributed by atoms with Gasteiger partial charge in [0.25, 0.3) is 0 Å². The van der Waals surface area contributed by atoms with E-state index in [1.54, 1.807) is 30.1 Å². The molecule has 0 N–H and O–H groups in total. The van der Waals surface area contributed by atoms with E-state index in [0.29, 0.717) is 11.8 Å². The first-order chi connectivity index (χ1) is 13.2. The van der Waals surface area contributed by atoms with Gasteiger partial charge >= 0.3 is 0 Å². The number of aryl methyl sites for hydroxylation is 1. The molecule has 3 heterocycles. The monoisotopic (exact) mass is 385 g/mol. The molecule has 1 aliphatic rings. The van der Waals surface area contributed by atoms with Gasteiger partial charge in [-0.2, -0.15) is 0 Å². The number of rotatable bonds is 8. The summed E-state index contributed by atoms with van der Waals surface area (Å²) in [5, 5.41) is 1.15. The highest BCUT2D eigenvalue weighted by Gasteiger charge is 2.32. The van der Waals surface area contributed by atoms with Crippen molar-refractivity contribution in [3.63, 3.8) is 0 Å². The van der Waals surface area contributed by atoms with Gasteiger partial charge in [0.1, 0.15) is 23.5 Å². The molecule has 0 spiro atoms. The number of thiophene rings is 1. The third-order valence-electron chi connectivity index (χ3n) is 5.55. The number of oxazole rings is 1. The number of ether oxygens (including phenoxy) is 1. The van der Waals surface area contributed by atoms with Crippen LogP contribution in [-0.2, 0) is 6.42 Å². The molecule has 27 heavy (non-hydrogen) atoms. The lowest BCUT2D eigenvalue weighted by Gasteiger charge is -2.19. The summed E-state index contributed by atoms with van der Waals surface area (Å²) >= 11 is 1.81. The van der Waals surface area contributed by atoms with Crippen molar-refractivity contribution in [1.29, 1.82) is 0 Å². The molecule has 3 aromatic heterocycles. The molecule has 1 unspecified atom stereocenters. The molecular formula is C21H27N3O2S. The minimum Gasteiger partial charge on any atom is -0.474 e. The maximum atomic E-state index is 6.35. The maximum absolute atomic E-state index is 6.35. The average molecular weight is 386 g/mol. The van der Waals surface area contributed by atoms with E-state index in [2.05, 4.69) is 35.7 Å². The number of hydrogen-bond donors (Lipinski definition) is 0. The molecule has 0 radical (unpaired) electrons. The Kier molecular flexibility index (Phi) is 5.43. The topological polar surface area (TPSA) is 61.0 Å². The van der Waals surface area contributed by atoms with Gasteiger partial charge in [0.05, 0.1) is 11.6 Å². The van der Waals surface area contributed by atoms with Crippen molar-refractivity contribution in [2.45, 2.75) is 77.2 Å². The summed E-state index contributed by atoms with van der Waals surface area (Å²) in [7, 11) is 0. The zero-order valence-corrected chi connectivity index (χ0v) is 17.1. The lowest BCUT2D eigenvalue weighted by atomic mass is 9.90. The second kappa shape index (κ2) is 7.97. The molecule has 144 valence electrons. The minimum atomic E-state index is 0.217. The Morgan fingerprint density at radius 3 is 2.93 bits per heavy atom. The van der Waals surface area contributed by atoms with Gasteiger partial charge < -0.3 is 9.15 Å². The molecule has 0 saturated carbocycles. The SMILES string of the molecule is CCC[C@@H](CC)Oc1ncnc2sc3c(c12)[C@@H](CC(C)c1ncco1)CC3. The first-order valence-electron chi connectivity index (χ1n) is 10.0. The van der Waals surface area contributed by atoms with E-state index in [-0.39, 0.29) is 6.10 Å². The van der Waals surface area contributed by atoms with E-state index < -0.39 is 0 Å². The first kappa shape index (κ1) is 18.4. The van der Waals surface area contributed by atoms with Gasteiger partial charge in [0, 0.05) is 10.8 Å². The Labute approximate surface area is 164 Å². The third kappa shape index (κ3) is 3.59. The van der Waals surface area contributed by atoms with Crippen molar-refractivity contribution in [3.8, 4) is 5.88 Å². The third-order valence-corrected chi connectivity index (χ3v) is 6.72. The fourth-order valence-electron chi connectivity index (χ4n) is 4.20. The molecule has 0 bridgehead atoms. The van der Waals surface area contributed by atoms with Gasteiger partial charge in [-0.1, -0.05) is 27.2 Å². The molecule has 3 aromatic rings. The van der Waals surface area contributed by atoms with Crippen LogP contribution in [0, 0.1) is 0 Å². The van der Waals surface area contributed by atoms with Crippen LogP contribution in [0.15, 0.2) is 23.2 Å². The first-order valence-corrected chi connectivity index (χ1v) is 10.8. The molecule has 6 heteroatoms.